The molecule has 0 aliphatic heterocycles. The van der Waals surface area contributed by atoms with E-state index in [1.807, 2.05) is 37.3 Å². The Balaban J connectivity index is 1.98. The minimum absolute atomic E-state index is 0.529. The van der Waals surface area contributed by atoms with Crippen LogP contribution in [0.4, 0.5) is 11.5 Å². The van der Waals surface area contributed by atoms with Crippen molar-refractivity contribution in [3.05, 3.63) is 42.4 Å². The number of anilines is 2. The molecule has 0 saturated heterocycles. The predicted molar refractivity (Wildman–Crippen MR) is 76.8 cm³/mol. The second-order valence-corrected chi connectivity index (χ2v) is 4.90. The molecule has 0 unspecified atom stereocenters. The van der Waals surface area contributed by atoms with Gasteiger partial charge in [0.15, 0.2) is 0 Å². The molecule has 0 amide bonds. The third-order valence-corrected chi connectivity index (χ3v) is 2.51. The Kier molecular flexibility index (Phi) is 4.34. The maximum Gasteiger partial charge on any atom is 0.133 e. The van der Waals surface area contributed by atoms with Gasteiger partial charge in [0.05, 0.1) is 6.61 Å². The van der Waals surface area contributed by atoms with Gasteiger partial charge in [0, 0.05) is 17.4 Å². The number of benzene rings is 1. The van der Waals surface area contributed by atoms with Crippen molar-refractivity contribution in [2.75, 3.05) is 11.9 Å². The Morgan fingerprint density at radius 2 is 1.89 bits per heavy atom. The molecule has 4 nitrogen and oxygen atoms in total. The number of hydrogen-bond donors (Lipinski definition) is 1. The van der Waals surface area contributed by atoms with Gasteiger partial charge in [-0.15, -0.1) is 0 Å². The number of rotatable bonds is 5. The highest BCUT2D eigenvalue weighted by atomic mass is 16.5. The van der Waals surface area contributed by atoms with Crippen LogP contribution < -0.4 is 10.1 Å². The lowest BCUT2D eigenvalue weighted by atomic mass is 10.2. The Morgan fingerprint density at radius 1 is 1.16 bits per heavy atom. The monoisotopic (exact) mass is 257 g/mol. The summed E-state index contributed by atoms with van der Waals surface area (Å²) < 4.78 is 5.64. The van der Waals surface area contributed by atoms with E-state index in [9.17, 15) is 0 Å². The molecule has 0 aliphatic carbocycles. The fraction of sp³-hybridized carbons (Fsp3) is 0.333. The van der Waals surface area contributed by atoms with E-state index in [1.165, 1.54) is 0 Å². The molecule has 1 heterocycles. The number of aryl methyl sites for hydroxylation is 1. The van der Waals surface area contributed by atoms with Gasteiger partial charge < -0.3 is 10.1 Å². The highest BCUT2D eigenvalue weighted by Gasteiger charge is 1.99. The molecule has 1 N–H and O–H groups in total. The summed E-state index contributed by atoms with van der Waals surface area (Å²) in [6.07, 6.45) is 1.55. The van der Waals surface area contributed by atoms with E-state index < -0.39 is 0 Å². The fourth-order valence-electron chi connectivity index (χ4n) is 1.57. The number of aromatic nitrogens is 2. The highest BCUT2D eigenvalue weighted by Crippen LogP contribution is 2.19. The third-order valence-electron chi connectivity index (χ3n) is 2.51. The van der Waals surface area contributed by atoms with Crippen molar-refractivity contribution in [2.24, 2.45) is 5.92 Å². The maximum absolute atomic E-state index is 5.64. The van der Waals surface area contributed by atoms with E-state index in [2.05, 4.69) is 29.1 Å². The van der Waals surface area contributed by atoms with E-state index in [0.717, 1.165) is 29.6 Å². The van der Waals surface area contributed by atoms with Crippen LogP contribution in [0.15, 0.2) is 36.7 Å². The van der Waals surface area contributed by atoms with Crippen LogP contribution in [0.3, 0.4) is 0 Å². The van der Waals surface area contributed by atoms with Crippen molar-refractivity contribution >= 4 is 11.5 Å². The van der Waals surface area contributed by atoms with Gasteiger partial charge in [-0.1, -0.05) is 13.8 Å². The Bertz CT molecular complexity index is 523. The van der Waals surface area contributed by atoms with Gasteiger partial charge in [-0.25, -0.2) is 9.97 Å². The van der Waals surface area contributed by atoms with Crippen LogP contribution in [0.1, 0.15) is 19.5 Å². The van der Waals surface area contributed by atoms with Crippen LogP contribution in [0.25, 0.3) is 0 Å². The van der Waals surface area contributed by atoms with Crippen LogP contribution in [0, 0.1) is 12.8 Å². The average molecular weight is 257 g/mol. The van der Waals surface area contributed by atoms with Crippen molar-refractivity contribution in [1.82, 2.24) is 9.97 Å². The molecule has 0 saturated carbocycles. The molecule has 0 radical (unpaired) electrons. The number of hydrogen-bond acceptors (Lipinski definition) is 4. The van der Waals surface area contributed by atoms with Crippen LogP contribution in [0.2, 0.25) is 0 Å². The van der Waals surface area contributed by atoms with Crippen molar-refractivity contribution in [1.29, 1.82) is 0 Å². The van der Waals surface area contributed by atoms with Crippen molar-refractivity contribution in [2.45, 2.75) is 20.8 Å². The van der Waals surface area contributed by atoms with Gasteiger partial charge in [-0.3, -0.25) is 0 Å². The molecule has 0 fully saturated rings. The second-order valence-electron chi connectivity index (χ2n) is 4.90. The normalized spacial score (nSPS) is 10.5. The number of nitrogens with one attached hydrogen (secondary N) is 1. The Hall–Kier alpha value is -2.10. The van der Waals surface area contributed by atoms with E-state index in [-0.39, 0.29) is 0 Å². The molecular weight excluding hydrogens is 238 g/mol. The molecule has 1 aromatic carbocycles. The van der Waals surface area contributed by atoms with Gasteiger partial charge >= 0.3 is 0 Å². The first-order valence-electron chi connectivity index (χ1n) is 6.42. The largest absolute Gasteiger partial charge is 0.493 e. The van der Waals surface area contributed by atoms with Crippen LogP contribution in [0.5, 0.6) is 5.75 Å². The molecule has 0 bridgehead atoms. The SMILES string of the molecule is Cc1cc(Nc2ccc(OCC(C)C)cc2)ncn1. The lowest BCUT2D eigenvalue weighted by Crippen LogP contribution is -2.04. The Labute approximate surface area is 113 Å². The minimum atomic E-state index is 0.529. The molecule has 0 spiro atoms. The van der Waals surface area contributed by atoms with E-state index >= 15 is 0 Å². The van der Waals surface area contributed by atoms with Gasteiger partial charge in [0.2, 0.25) is 0 Å². The zero-order chi connectivity index (χ0) is 13.7. The van der Waals surface area contributed by atoms with E-state index in [0.29, 0.717) is 5.92 Å². The van der Waals surface area contributed by atoms with Gasteiger partial charge in [-0.05, 0) is 37.1 Å². The van der Waals surface area contributed by atoms with Crippen LogP contribution in [-0.4, -0.2) is 16.6 Å². The third kappa shape index (κ3) is 4.25. The first-order chi connectivity index (χ1) is 9.13. The smallest absolute Gasteiger partial charge is 0.133 e. The summed E-state index contributed by atoms with van der Waals surface area (Å²) in [5.74, 6) is 2.21. The van der Waals surface area contributed by atoms with Crippen LogP contribution >= 0.6 is 0 Å². The summed E-state index contributed by atoms with van der Waals surface area (Å²) in [5.41, 5.74) is 1.92. The number of ether oxygens (including phenoxy) is 1. The summed E-state index contributed by atoms with van der Waals surface area (Å²) in [4.78, 5) is 8.23. The molecule has 2 aromatic rings. The lowest BCUT2D eigenvalue weighted by molar-refractivity contribution is 0.271. The lowest BCUT2D eigenvalue weighted by Gasteiger charge is -2.10. The minimum Gasteiger partial charge on any atom is -0.493 e. The molecule has 0 aliphatic rings. The molecule has 100 valence electrons. The molecular formula is C15H19N3O. The summed E-state index contributed by atoms with van der Waals surface area (Å²) in [6.45, 7) is 6.94. The van der Waals surface area contributed by atoms with E-state index in [4.69, 9.17) is 4.74 Å². The summed E-state index contributed by atoms with van der Waals surface area (Å²) >= 11 is 0. The molecule has 1 aromatic heterocycles. The van der Waals surface area contributed by atoms with Crippen molar-refractivity contribution in [3.63, 3.8) is 0 Å². The first-order valence-corrected chi connectivity index (χ1v) is 6.42. The van der Waals surface area contributed by atoms with E-state index in [1.54, 1.807) is 6.33 Å². The van der Waals surface area contributed by atoms with Gasteiger partial charge in [0.25, 0.3) is 0 Å². The summed E-state index contributed by atoms with van der Waals surface area (Å²) in [7, 11) is 0. The molecule has 0 atom stereocenters. The zero-order valence-corrected chi connectivity index (χ0v) is 11.6. The fourth-order valence-corrected chi connectivity index (χ4v) is 1.57. The van der Waals surface area contributed by atoms with Gasteiger partial charge in [0.1, 0.15) is 17.9 Å². The Morgan fingerprint density at radius 3 is 2.53 bits per heavy atom. The second kappa shape index (κ2) is 6.18. The topological polar surface area (TPSA) is 47.0 Å². The van der Waals surface area contributed by atoms with Crippen molar-refractivity contribution < 1.29 is 4.74 Å². The standard InChI is InChI=1S/C15H19N3O/c1-11(2)9-19-14-6-4-13(5-7-14)18-15-8-12(3)16-10-17-15/h4-8,10-11H,9H2,1-3H3,(H,16,17,18). The first kappa shape index (κ1) is 13.3. The predicted octanol–water partition coefficient (Wildman–Crippen LogP) is 3.56. The molecule has 2 rings (SSSR count). The van der Waals surface area contributed by atoms with Crippen molar-refractivity contribution in [3.8, 4) is 5.75 Å². The zero-order valence-electron chi connectivity index (χ0n) is 11.6. The van der Waals surface area contributed by atoms with Gasteiger partial charge in [-0.2, -0.15) is 0 Å². The van der Waals surface area contributed by atoms with Crippen LogP contribution in [-0.2, 0) is 0 Å². The number of nitrogens with zero attached hydrogens (tertiary/aromatic N) is 2. The maximum atomic E-state index is 5.64. The average Bonchev–Trinajstić information content (AvgIpc) is 2.38. The molecule has 4 heteroatoms. The molecule has 19 heavy (non-hydrogen) atoms. The highest BCUT2D eigenvalue weighted by molar-refractivity contribution is 5.56. The quantitative estimate of drug-likeness (QED) is 0.889. The summed E-state index contributed by atoms with van der Waals surface area (Å²) in [6, 6.07) is 9.78. The summed E-state index contributed by atoms with van der Waals surface area (Å²) in [5, 5.41) is 3.23.